The molecule has 21 heavy (non-hydrogen) atoms. The summed E-state index contributed by atoms with van der Waals surface area (Å²) in [5.41, 5.74) is 5.52. The number of hydrogen-bond donors (Lipinski definition) is 2. The summed E-state index contributed by atoms with van der Waals surface area (Å²) in [6.45, 7) is -0.571. The van der Waals surface area contributed by atoms with Gasteiger partial charge in [-0.1, -0.05) is 0 Å². The number of carbonyl (C=O) groups excluding carboxylic acids is 1. The minimum absolute atomic E-state index is 0.0321. The van der Waals surface area contributed by atoms with Crippen molar-refractivity contribution >= 4 is 11.6 Å². The zero-order valence-corrected chi connectivity index (χ0v) is 11.3. The number of nitrogens with zero attached hydrogens (tertiary/aromatic N) is 2. The number of nitrogens with two attached hydrogens (primary N) is 1. The molecular formula is C12H14N4O5. The number of nitrogens with one attached hydrogen (secondary N) is 1. The molecule has 1 amide bonds. The molecule has 0 aliphatic carbocycles. The molecule has 0 saturated heterocycles. The fourth-order valence-corrected chi connectivity index (χ4v) is 1.53. The normalized spacial score (nSPS) is 9.57. The van der Waals surface area contributed by atoms with Crippen LogP contribution >= 0.6 is 0 Å². The Morgan fingerprint density at radius 2 is 2.24 bits per heavy atom. The fourth-order valence-electron chi connectivity index (χ4n) is 1.53. The Hall–Kier alpha value is -2.86. The van der Waals surface area contributed by atoms with Crippen molar-refractivity contribution in [1.82, 2.24) is 5.32 Å². The van der Waals surface area contributed by atoms with Crippen LogP contribution in [-0.4, -0.2) is 31.1 Å². The number of amides is 1. The van der Waals surface area contributed by atoms with Crippen molar-refractivity contribution in [3.8, 4) is 17.6 Å². The SMILES string of the molecule is COc1cc(CN)c([N+](=O)[O-])cc1OCC(=O)NCC#N. The van der Waals surface area contributed by atoms with Gasteiger partial charge in [0.05, 0.1) is 24.2 Å². The number of ether oxygens (including phenoxy) is 2. The third-order valence-corrected chi connectivity index (χ3v) is 2.50. The summed E-state index contributed by atoms with van der Waals surface area (Å²) in [7, 11) is 1.37. The summed E-state index contributed by atoms with van der Waals surface area (Å²) in [5.74, 6) is -0.244. The van der Waals surface area contributed by atoms with Gasteiger partial charge in [-0.15, -0.1) is 0 Å². The Kier molecular flexibility index (Phi) is 5.91. The second kappa shape index (κ2) is 7.66. The van der Waals surface area contributed by atoms with Crippen molar-refractivity contribution in [3.63, 3.8) is 0 Å². The molecule has 0 saturated carbocycles. The topological polar surface area (TPSA) is 141 Å². The van der Waals surface area contributed by atoms with Crippen LogP contribution in [0.25, 0.3) is 0 Å². The third kappa shape index (κ3) is 4.32. The third-order valence-electron chi connectivity index (χ3n) is 2.50. The molecule has 0 aliphatic heterocycles. The summed E-state index contributed by atoms with van der Waals surface area (Å²) in [6, 6.07) is 4.28. The lowest BCUT2D eigenvalue weighted by atomic mass is 10.1. The predicted octanol–water partition coefficient (Wildman–Crippen LogP) is 0.0807. The van der Waals surface area contributed by atoms with Crippen LogP contribution in [0.15, 0.2) is 12.1 Å². The first-order chi connectivity index (χ1) is 10.0. The quantitative estimate of drug-likeness (QED) is 0.412. The highest BCUT2D eigenvalue weighted by Gasteiger charge is 2.19. The molecule has 0 spiro atoms. The van der Waals surface area contributed by atoms with E-state index in [0.717, 1.165) is 6.07 Å². The maximum atomic E-state index is 11.3. The van der Waals surface area contributed by atoms with Gasteiger partial charge in [0.25, 0.3) is 11.6 Å². The van der Waals surface area contributed by atoms with Crippen molar-refractivity contribution in [2.45, 2.75) is 6.54 Å². The summed E-state index contributed by atoms with van der Waals surface area (Å²) in [4.78, 5) is 21.7. The number of nitro groups is 1. The number of hydrogen-bond acceptors (Lipinski definition) is 7. The molecule has 0 atom stereocenters. The summed E-state index contributed by atoms with van der Waals surface area (Å²) >= 11 is 0. The van der Waals surface area contributed by atoms with Crippen LogP contribution < -0.4 is 20.5 Å². The van der Waals surface area contributed by atoms with E-state index in [1.807, 2.05) is 0 Å². The van der Waals surface area contributed by atoms with Crippen molar-refractivity contribution in [2.24, 2.45) is 5.73 Å². The highest BCUT2D eigenvalue weighted by molar-refractivity contribution is 5.77. The number of nitriles is 1. The Labute approximate surface area is 120 Å². The second-order valence-corrected chi connectivity index (χ2v) is 3.82. The van der Waals surface area contributed by atoms with Crippen molar-refractivity contribution in [2.75, 3.05) is 20.3 Å². The van der Waals surface area contributed by atoms with Crippen LogP contribution in [0.5, 0.6) is 11.5 Å². The number of benzene rings is 1. The van der Waals surface area contributed by atoms with Gasteiger partial charge in [-0.25, -0.2) is 0 Å². The van der Waals surface area contributed by atoms with Crippen molar-refractivity contribution in [1.29, 1.82) is 5.26 Å². The average molecular weight is 294 g/mol. The smallest absolute Gasteiger partial charge is 0.277 e. The first kappa shape index (κ1) is 16.2. The van der Waals surface area contributed by atoms with Crippen LogP contribution in [0.2, 0.25) is 0 Å². The van der Waals surface area contributed by atoms with Gasteiger partial charge in [0.1, 0.15) is 6.54 Å². The zero-order valence-electron chi connectivity index (χ0n) is 11.3. The molecule has 0 aliphatic rings. The number of rotatable bonds is 7. The van der Waals surface area contributed by atoms with E-state index >= 15 is 0 Å². The number of methoxy groups -OCH3 is 1. The van der Waals surface area contributed by atoms with E-state index in [0.29, 0.717) is 0 Å². The maximum absolute atomic E-state index is 11.3. The Bertz CT molecular complexity index is 582. The van der Waals surface area contributed by atoms with Gasteiger partial charge in [0.15, 0.2) is 18.1 Å². The Morgan fingerprint density at radius 1 is 1.52 bits per heavy atom. The van der Waals surface area contributed by atoms with Crippen molar-refractivity contribution < 1.29 is 19.2 Å². The van der Waals surface area contributed by atoms with Crippen LogP contribution in [0.1, 0.15) is 5.56 Å². The fraction of sp³-hybridized carbons (Fsp3) is 0.333. The molecule has 1 aromatic rings. The summed E-state index contributed by atoms with van der Waals surface area (Å²) in [5, 5.41) is 21.6. The molecule has 1 aromatic carbocycles. The number of carbonyl (C=O) groups is 1. The molecule has 112 valence electrons. The van der Waals surface area contributed by atoms with Gasteiger partial charge in [-0.3, -0.25) is 14.9 Å². The molecule has 0 heterocycles. The van der Waals surface area contributed by atoms with E-state index in [9.17, 15) is 14.9 Å². The van der Waals surface area contributed by atoms with Crippen LogP contribution in [-0.2, 0) is 11.3 Å². The van der Waals surface area contributed by atoms with Gasteiger partial charge >= 0.3 is 0 Å². The van der Waals surface area contributed by atoms with Crippen molar-refractivity contribution in [3.05, 3.63) is 27.8 Å². The maximum Gasteiger partial charge on any atom is 0.277 e. The minimum atomic E-state index is -0.593. The second-order valence-electron chi connectivity index (χ2n) is 3.82. The predicted molar refractivity (Wildman–Crippen MR) is 71.7 cm³/mol. The van der Waals surface area contributed by atoms with E-state index < -0.39 is 17.4 Å². The molecule has 0 aromatic heterocycles. The van der Waals surface area contributed by atoms with Gasteiger partial charge in [-0.2, -0.15) is 5.26 Å². The van der Waals surface area contributed by atoms with E-state index in [-0.39, 0.29) is 35.8 Å². The lowest BCUT2D eigenvalue weighted by Crippen LogP contribution is -2.29. The van der Waals surface area contributed by atoms with Crippen LogP contribution in [0.4, 0.5) is 5.69 Å². The minimum Gasteiger partial charge on any atom is -0.493 e. The average Bonchev–Trinajstić information content (AvgIpc) is 2.49. The molecular weight excluding hydrogens is 280 g/mol. The molecule has 9 nitrogen and oxygen atoms in total. The molecule has 0 bridgehead atoms. The van der Waals surface area contributed by atoms with Gasteiger partial charge in [-0.05, 0) is 6.07 Å². The standard InChI is InChI=1S/C12H14N4O5/c1-20-10-4-8(6-14)9(16(18)19)5-11(10)21-7-12(17)15-3-2-13/h4-5H,3,6-7,14H2,1H3,(H,15,17). The highest BCUT2D eigenvalue weighted by Crippen LogP contribution is 2.34. The lowest BCUT2D eigenvalue weighted by molar-refractivity contribution is -0.385. The van der Waals surface area contributed by atoms with Crippen LogP contribution in [0, 0.1) is 21.4 Å². The number of nitro benzene ring substituents is 1. The van der Waals surface area contributed by atoms with Gasteiger partial charge < -0.3 is 20.5 Å². The van der Waals surface area contributed by atoms with Gasteiger partial charge in [0, 0.05) is 12.1 Å². The summed E-state index contributed by atoms with van der Waals surface area (Å²) < 4.78 is 10.2. The van der Waals surface area contributed by atoms with E-state index in [4.69, 9.17) is 20.5 Å². The van der Waals surface area contributed by atoms with E-state index in [1.165, 1.54) is 13.2 Å². The molecule has 9 heteroatoms. The van der Waals surface area contributed by atoms with E-state index in [1.54, 1.807) is 6.07 Å². The van der Waals surface area contributed by atoms with Crippen LogP contribution in [0.3, 0.4) is 0 Å². The van der Waals surface area contributed by atoms with Gasteiger partial charge in [0.2, 0.25) is 0 Å². The Balaban J connectivity index is 2.95. The molecule has 3 N–H and O–H groups in total. The Morgan fingerprint density at radius 3 is 2.76 bits per heavy atom. The molecule has 0 unspecified atom stereocenters. The molecule has 1 rings (SSSR count). The highest BCUT2D eigenvalue weighted by atomic mass is 16.6. The van der Waals surface area contributed by atoms with E-state index in [2.05, 4.69) is 5.32 Å². The monoisotopic (exact) mass is 294 g/mol. The largest absolute Gasteiger partial charge is 0.493 e. The lowest BCUT2D eigenvalue weighted by Gasteiger charge is -2.12. The molecule has 0 fully saturated rings. The first-order valence-corrected chi connectivity index (χ1v) is 5.85. The first-order valence-electron chi connectivity index (χ1n) is 5.85. The molecule has 0 radical (unpaired) electrons. The summed E-state index contributed by atoms with van der Waals surface area (Å²) in [6.07, 6.45) is 0. The zero-order chi connectivity index (χ0) is 15.8.